The third-order valence-corrected chi connectivity index (χ3v) is 4.84. The minimum atomic E-state index is -0.549. The Hall–Kier alpha value is -3.94. The number of nitrogens with zero attached hydrogens (tertiary/aromatic N) is 2. The molecule has 158 valence electrons. The van der Waals surface area contributed by atoms with Crippen LogP contribution in [0.5, 0.6) is 0 Å². The second-order valence-corrected chi connectivity index (χ2v) is 8.18. The van der Waals surface area contributed by atoms with Gasteiger partial charge in [0.05, 0.1) is 11.1 Å². The Bertz CT molecular complexity index is 1280. The summed E-state index contributed by atoms with van der Waals surface area (Å²) in [6.07, 6.45) is 0. The SMILES string of the molecule is Cc1c(C(=O)NNC(=O)c2ccccc2-c2nc(C(C)(C)C)no2)oc2ccccc12. The van der Waals surface area contributed by atoms with Crippen LogP contribution >= 0.6 is 0 Å². The number of para-hydroxylation sites is 1. The number of furan rings is 1. The number of rotatable bonds is 3. The zero-order valence-electron chi connectivity index (χ0n) is 17.6. The Morgan fingerprint density at radius 2 is 1.61 bits per heavy atom. The molecule has 0 saturated carbocycles. The lowest BCUT2D eigenvalue weighted by atomic mass is 9.96. The zero-order chi connectivity index (χ0) is 22.2. The number of fused-ring (bicyclic) bond motifs is 1. The first-order valence-electron chi connectivity index (χ1n) is 9.78. The van der Waals surface area contributed by atoms with E-state index in [2.05, 4.69) is 21.0 Å². The van der Waals surface area contributed by atoms with Crippen molar-refractivity contribution in [3.05, 3.63) is 71.2 Å². The predicted molar refractivity (Wildman–Crippen MR) is 114 cm³/mol. The van der Waals surface area contributed by atoms with E-state index in [1.54, 1.807) is 37.3 Å². The fourth-order valence-electron chi connectivity index (χ4n) is 3.13. The quantitative estimate of drug-likeness (QED) is 0.483. The number of hydrazine groups is 1. The fourth-order valence-corrected chi connectivity index (χ4v) is 3.13. The van der Waals surface area contributed by atoms with Gasteiger partial charge in [0.2, 0.25) is 0 Å². The van der Waals surface area contributed by atoms with E-state index >= 15 is 0 Å². The summed E-state index contributed by atoms with van der Waals surface area (Å²) in [5.41, 5.74) is 6.60. The lowest BCUT2D eigenvalue weighted by Crippen LogP contribution is -2.41. The Morgan fingerprint density at radius 3 is 2.32 bits per heavy atom. The molecule has 8 heteroatoms. The molecule has 2 heterocycles. The molecule has 0 radical (unpaired) electrons. The van der Waals surface area contributed by atoms with Crippen molar-refractivity contribution in [3.63, 3.8) is 0 Å². The van der Waals surface area contributed by atoms with Crippen LogP contribution in [0.3, 0.4) is 0 Å². The van der Waals surface area contributed by atoms with Crippen molar-refractivity contribution in [1.29, 1.82) is 0 Å². The second kappa shape index (κ2) is 7.71. The third kappa shape index (κ3) is 3.92. The first kappa shape index (κ1) is 20.3. The van der Waals surface area contributed by atoms with Gasteiger partial charge in [0.25, 0.3) is 11.8 Å². The van der Waals surface area contributed by atoms with Gasteiger partial charge < -0.3 is 8.94 Å². The number of amides is 2. The number of aryl methyl sites for hydroxylation is 1. The Labute approximate surface area is 178 Å². The van der Waals surface area contributed by atoms with Crippen molar-refractivity contribution in [1.82, 2.24) is 21.0 Å². The molecule has 4 aromatic rings. The van der Waals surface area contributed by atoms with E-state index < -0.39 is 11.8 Å². The fraction of sp³-hybridized carbons (Fsp3) is 0.217. The van der Waals surface area contributed by atoms with E-state index in [0.717, 1.165) is 5.39 Å². The van der Waals surface area contributed by atoms with Gasteiger partial charge in [-0.1, -0.05) is 56.3 Å². The molecule has 0 aliphatic carbocycles. The van der Waals surface area contributed by atoms with Gasteiger partial charge in [-0.2, -0.15) is 4.98 Å². The van der Waals surface area contributed by atoms with Crippen molar-refractivity contribution in [2.75, 3.05) is 0 Å². The summed E-state index contributed by atoms with van der Waals surface area (Å²) in [5.74, 6) is -0.163. The lowest BCUT2D eigenvalue weighted by Gasteiger charge is -2.11. The number of benzene rings is 2. The molecule has 0 saturated heterocycles. The van der Waals surface area contributed by atoms with E-state index in [4.69, 9.17) is 8.94 Å². The molecule has 0 unspecified atom stereocenters. The number of hydrogen-bond donors (Lipinski definition) is 2. The van der Waals surface area contributed by atoms with Gasteiger partial charge in [-0.15, -0.1) is 0 Å². The van der Waals surface area contributed by atoms with Gasteiger partial charge in [-0.3, -0.25) is 20.4 Å². The van der Waals surface area contributed by atoms with E-state index in [9.17, 15) is 9.59 Å². The molecule has 2 amide bonds. The molecule has 0 aliphatic rings. The van der Waals surface area contributed by atoms with Gasteiger partial charge >= 0.3 is 5.91 Å². The van der Waals surface area contributed by atoms with Gasteiger partial charge in [-0.25, -0.2) is 0 Å². The molecule has 0 bridgehead atoms. The number of carbonyl (C=O) groups excluding carboxylic acids is 2. The van der Waals surface area contributed by atoms with Crippen molar-refractivity contribution in [2.24, 2.45) is 0 Å². The van der Waals surface area contributed by atoms with Crippen LogP contribution in [0.2, 0.25) is 0 Å². The molecule has 2 N–H and O–H groups in total. The summed E-state index contributed by atoms with van der Waals surface area (Å²) in [6, 6.07) is 14.2. The van der Waals surface area contributed by atoms with Gasteiger partial charge in [-0.05, 0) is 25.1 Å². The molecular weight excluding hydrogens is 396 g/mol. The standard InChI is InChI=1S/C23H22N4O4/c1-13-14-9-7-8-12-17(14)30-18(13)20(29)26-25-19(28)15-10-5-6-11-16(15)21-24-22(27-31-21)23(2,3)4/h5-12H,1-4H3,(H,25,28)(H,26,29). The van der Waals surface area contributed by atoms with Crippen molar-refractivity contribution < 1.29 is 18.5 Å². The predicted octanol–water partition coefficient (Wildman–Crippen LogP) is 4.16. The molecular formula is C23H22N4O4. The first-order chi connectivity index (χ1) is 14.8. The van der Waals surface area contributed by atoms with Crippen LogP contribution < -0.4 is 10.9 Å². The maximum Gasteiger partial charge on any atom is 0.305 e. The molecule has 2 aromatic heterocycles. The average Bonchev–Trinajstić information content (AvgIpc) is 3.37. The van der Waals surface area contributed by atoms with Crippen LogP contribution in [0.15, 0.2) is 57.5 Å². The number of nitrogens with one attached hydrogen (secondary N) is 2. The topological polar surface area (TPSA) is 110 Å². The average molecular weight is 418 g/mol. The normalized spacial score (nSPS) is 11.5. The molecule has 31 heavy (non-hydrogen) atoms. The van der Waals surface area contributed by atoms with Gasteiger partial charge in [0.15, 0.2) is 11.6 Å². The van der Waals surface area contributed by atoms with Crippen LogP contribution in [0.4, 0.5) is 0 Å². The molecule has 0 fully saturated rings. The van der Waals surface area contributed by atoms with Crippen LogP contribution in [-0.2, 0) is 5.41 Å². The zero-order valence-corrected chi connectivity index (χ0v) is 17.6. The monoisotopic (exact) mass is 418 g/mol. The van der Waals surface area contributed by atoms with Crippen LogP contribution in [0, 0.1) is 6.92 Å². The molecule has 8 nitrogen and oxygen atoms in total. The second-order valence-electron chi connectivity index (χ2n) is 8.18. The number of aromatic nitrogens is 2. The molecule has 0 spiro atoms. The summed E-state index contributed by atoms with van der Waals surface area (Å²) < 4.78 is 11.0. The Balaban J connectivity index is 1.53. The highest BCUT2D eigenvalue weighted by Crippen LogP contribution is 2.26. The highest BCUT2D eigenvalue weighted by molar-refractivity contribution is 6.03. The lowest BCUT2D eigenvalue weighted by molar-refractivity contribution is 0.0832. The van der Waals surface area contributed by atoms with Crippen molar-refractivity contribution in [3.8, 4) is 11.5 Å². The van der Waals surface area contributed by atoms with Gasteiger partial charge in [0, 0.05) is 16.4 Å². The van der Waals surface area contributed by atoms with E-state index in [-0.39, 0.29) is 22.6 Å². The Kier molecular flexibility index (Phi) is 5.06. The summed E-state index contributed by atoms with van der Waals surface area (Å²) in [6.45, 7) is 7.70. The minimum absolute atomic E-state index is 0.140. The van der Waals surface area contributed by atoms with Gasteiger partial charge in [0.1, 0.15) is 5.58 Å². The highest BCUT2D eigenvalue weighted by Gasteiger charge is 2.24. The van der Waals surface area contributed by atoms with Crippen molar-refractivity contribution in [2.45, 2.75) is 33.1 Å². The van der Waals surface area contributed by atoms with E-state index in [1.165, 1.54) is 0 Å². The van der Waals surface area contributed by atoms with Crippen LogP contribution in [-0.4, -0.2) is 22.0 Å². The Morgan fingerprint density at radius 1 is 0.935 bits per heavy atom. The number of hydrogen-bond acceptors (Lipinski definition) is 6. The summed E-state index contributed by atoms with van der Waals surface area (Å²) >= 11 is 0. The van der Waals surface area contributed by atoms with E-state index in [1.807, 2.05) is 39.0 Å². The summed E-state index contributed by atoms with van der Waals surface area (Å²) in [5, 5.41) is 4.85. The molecule has 4 rings (SSSR count). The largest absolute Gasteiger partial charge is 0.451 e. The van der Waals surface area contributed by atoms with Crippen LogP contribution in [0.25, 0.3) is 22.4 Å². The van der Waals surface area contributed by atoms with Crippen molar-refractivity contribution >= 4 is 22.8 Å². The van der Waals surface area contributed by atoms with E-state index in [0.29, 0.717) is 22.5 Å². The van der Waals surface area contributed by atoms with Crippen LogP contribution in [0.1, 0.15) is 53.1 Å². The summed E-state index contributed by atoms with van der Waals surface area (Å²) in [7, 11) is 0. The first-order valence-corrected chi connectivity index (χ1v) is 9.78. The highest BCUT2D eigenvalue weighted by atomic mass is 16.5. The smallest absolute Gasteiger partial charge is 0.305 e. The third-order valence-electron chi connectivity index (χ3n) is 4.84. The molecule has 2 aromatic carbocycles. The maximum atomic E-state index is 12.8. The molecule has 0 aliphatic heterocycles. The maximum absolute atomic E-state index is 12.8. The number of carbonyl (C=O) groups is 2. The summed E-state index contributed by atoms with van der Waals surface area (Å²) in [4.78, 5) is 29.8. The molecule has 0 atom stereocenters. The minimum Gasteiger partial charge on any atom is -0.451 e.